The quantitative estimate of drug-likeness (QED) is 0.860. The summed E-state index contributed by atoms with van der Waals surface area (Å²) >= 11 is 9.80. The minimum absolute atomic E-state index is 0.313. The smallest absolute Gasteiger partial charge is 0.0464 e. The number of hydrogen-bond acceptors (Lipinski definition) is 2. The van der Waals surface area contributed by atoms with Gasteiger partial charge in [0.2, 0.25) is 0 Å². The van der Waals surface area contributed by atoms with Crippen LogP contribution >= 0.6 is 27.5 Å². The molecule has 2 aliphatic rings. The Morgan fingerprint density at radius 2 is 1.95 bits per heavy atom. The Hall–Kier alpha value is -0.0900. The predicted octanol–water partition coefficient (Wildman–Crippen LogP) is 4.38. The summed E-state index contributed by atoms with van der Waals surface area (Å²) in [6.45, 7) is 4.72. The van der Waals surface area contributed by atoms with Crippen LogP contribution in [0, 0.1) is 0 Å². The first-order chi connectivity index (χ1) is 9.63. The maximum atomic E-state index is 6.34. The number of hydrogen-bond donors (Lipinski definition) is 1. The van der Waals surface area contributed by atoms with Gasteiger partial charge in [0, 0.05) is 27.6 Å². The summed E-state index contributed by atoms with van der Waals surface area (Å²) in [5.41, 5.74) is 1.19. The molecule has 0 aromatic heterocycles. The van der Waals surface area contributed by atoms with E-state index in [1.54, 1.807) is 0 Å². The van der Waals surface area contributed by atoms with Crippen LogP contribution in [0.2, 0.25) is 5.02 Å². The standard InChI is InChI=1S/C16H22BrClN2/c1-11(15-5-2-12(17)10-16(15)18)19-13-6-8-20(9-7-13)14-3-4-14/h2,5,10-11,13-14,19H,3-4,6-9H2,1H3. The number of benzene rings is 1. The molecule has 0 radical (unpaired) electrons. The molecule has 3 rings (SSSR count). The topological polar surface area (TPSA) is 15.3 Å². The molecule has 110 valence electrons. The van der Waals surface area contributed by atoms with E-state index in [-0.39, 0.29) is 0 Å². The second-order valence-corrected chi connectivity index (χ2v) is 7.42. The molecule has 1 unspecified atom stereocenters. The van der Waals surface area contributed by atoms with Gasteiger partial charge in [-0.15, -0.1) is 0 Å². The molecule has 1 saturated carbocycles. The number of halogens is 2. The maximum absolute atomic E-state index is 6.34. The molecule has 2 nitrogen and oxygen atoms in total. The normalized spacial score (nSPS) is 22.9. The molecule has 4 heteroatoms. The highest BCUT2D eigenvalue weighted by atomic mass is 79.9. The van der Waals surface area contributed by atoms with Crippen molar-refractivity contribution in [3.05, 3.63) is 33.3 Å². The lowest BCUT2D eigenvalue weighted by atomic mass is 10.0. The fourth-order valence-electron chi connectivity index (χ4n) is 3.17. The third kappa shape index (κ3) is 3.56. The van der Waals surface area contributed by atoms with Crippen molar-refractivity contribution in [3.8, 4) is 0 Å². The number of rotatable bonds is 4. The first kappa shape index (κ1) is 14.8. The Bertz CT molecular complexity index is 468. The third-order valence-corrected chi connectivity index (χ3v) is 5.33. The molecule has 20 heavy (non-hydrogen) atoms. The van der Waals surface area contributed by atoms with E-state index < -0.39 is 0 Å². The molecule has 1 aromatic carbocycles. The van der Waals surface area contributed by atoms with Gasteiger partial charge in [-0.2, -0.15) is 0 Å². The van der Waals surface area contributed by atoms with Crippen LogP contribution in [-0.4, -0.2) is 30.1 Å². The molecule has 2 fully saturated rings. The van der Waals surface area contributed by atoms with Gasteiger partial charge in [-0.05, 0) is 63.4 Å². The van der Waals surface area contributed by atoms with Gasteiger partial charge in [0.1, 0.15) is 0 Å². The number of likely N-dealkylation sites (tertiary alicyclic amines) is 1. The Morgan fingerprint density at radius 3 is 2.55 bits per heavy atom. The van der Waals surface area contributed by atoms with Crippen LogP contribution in [0.25, 0.3) is 0 Å². The van der Waals surface area contributed by atoms with E-state index in [1.807, 2.05) is 6.07 Å². The van der Waals surface area contributed by atoms with Crippen LogP contribution in [0.3, 0.4) is 0 Å². The summed E-state index contributed by atoms with van der Waals surface area (Å²) in [7, 11) is 0. The summed E-state index contributed by atoms with van der Waals surface area (Å²) in [6.07, 6.45) is 5.36. The highest BCUT2D eigenvalue weighted by Gasteiger charge is 2.32. The van der Waals surface area contributed by atoms with E-state index in [0.717, 1.165) is 15.5 Å². The molecule has 1 N–H and O–H groups in total. The van der Waals surface area contributed by atoms with Gasteiger partial charge in [0.05, 0.1) is 0 Å². The monoisotopic (exact) mass is 356 g/mol. The van der Waals surface area contributed by atoms with Gasteiger partial charge >= 0.3 is 0 Å². The Balaban J connectivity index is 1.54. The molecule has 1 aromatic rings. The van der Waals surface area contributed by atoms with Crippen LogP contribution < -0.4 is 5.32 Å². The molecule has 1 aliphatic heterocycles. The Labute approximate surface area is 135 Å². The van der Waals surface area contributed by atoms with Gasteiger partial charge in [-0.1, -0.05) is 33.6 Å². The molecule has 0 spiro atoms. The van der Waals surface area contributed by atoms with E-state index in [9.17, 15) is 0 Å². The lowest BCUT2D eigenvalue weighted by Gasteiger charge is -2.34. The average molecular weight is 358 g/mol. The fraction of sp³-hybridized carbons (Fsp3) is 0.625. The van der Waals surface area contributed by atoms with Crippen molar-refractivity contribution in [2.75, 3.05) is 13.1 Å². The zero-order valence-corrected chi connectivity index (χ0v) is 14.3. The number of nitrogens with one attached hydrogen (secondary N) is 1. The van der Waals surface area contributed by atoms with E-state index in [0.29, 0.717) is 12.1 Å². The SMILES string of the molecule is CC(NC1CCN(C2CC2)CC1)c1ccc(Br)cc1Cl. The van der Waals surface area contributed by atoms with Crippen LogP contribution in [0.4, 0.5) is 0 Å². The molecule has 1 heterocycles. The van der Waals surface area contributed by atoms with Crippen LogP contribution in [0.1, 0.15) is 44.2 Å². The van der Waals surface area contributed by atoms with Crippen molar-refractivity contribution in [1.29, 1.82) is 0 Å². The Kier molecular flexibility index (Phi) is 4.71. The lowest BCUT2D eigenvalue weighted by Crippen LogP contribution is -2.44. The summed E-state index contributed by atoms with van der Waals surface area (Å²) in [4.78, 5) is 2.66. The minimum Gasteiger partial charge on any atom is -0.307 e. The van der Waals surface area contributed by atoms with E-state index >= 15 is 0 Å². The highest BCUT2D eigenvalue weighted by molar-refractivity contribution is 9.10. The summed E-state index contributed by atoms with van der Waals surface area (Å²) in [6, 6.07) is 8.01. The van der Waals surface area contributed by atoms with Gasteiger partial charge in [0.25, 0.3) is 0 Å². The van der Waals surface area contributed by atoms with Gasteiger partial charge in [-0.3, -0.25) is 0 Å². The van der Waals surface area contributed by atoms with Crippen molar-refractivity contribution in [1.82, 2.24) is 10.2 Å². The van der Waals surface area contributed by atoms with Crippen molar-refractivity contribution in [2.45, 2.75) is 50.7 Å². The summed E-state index contributed by atoms with van der Waals surface area (Å²) in [5, 5.41) is 4.59. The Morgan fingerprint density at radius 1 is 1.25 bits per heavy atom. The average Bonchev–Trinajstić information content (AvgIpc) is 3.23. The first-order valence-electron chi connectivity index (χ1n) is 7.58. The van der Waals surface area contributed by atoms with Gasteiger partial charge in [-0.25, -0.2) is 0 Å². The van der Waals surface area contributed by atoms with E-state index in [2.05, 4.69) is 45.2 Å². The van der Waals surface area contributed by atoms with Crippen LogP contribution in [0.15, 0.2) is 22.7 Å². The second-order valence-electron chi connectivity index (χ2n) is 6.10. The zero-order chi connectivity index (χ0) is 14.1. The van der Waals surface area contributed by atoms with Crippen molar-refractivity contribution in [3.63, 3.8) is 0 Å². The van der Waals surface area contributed by atoms with E-state index in [1.165, 1.54) is 44.3 Å². The number of nitrogens with zero attached hydrogens (tertiary/aromatic N) is 1. The molecule has 1 atom stereocenters. The lowest BCUT2D eigenvalue weighted by molar-refractivity contribution is 0.184. The first-order valence-corrected chi connectivity index (χ1v) is 8.75. The zero-order valence-electron chi connectivity index (χ0n) is 11.9. The second kappa shape index (κ2) is 6.35. The van der Waals surface area contributed by atoms with Crippen molar-refractivity contribution >= 4 is 27.5 Å². The molecule has 0 bridgehead atoms. The van der Waals surface area contributed by atoms with Gasteiger partial charge in [0.15, 0.2) is 0 Å². The summed E-state index contributed by atoms with van der Waals surface area (Å²) in [5.74, 6) is 0. The molecule has 1 saturated heterocycles. The van der Waals surface area contributed by atoms with E-state index in [4.69, 9.17) is 11.6 Å². The molecular formula is C16H22BrClN2. The predicted molar refractivity (Wildman–Crippen MR) is 88.3 cm³/mol. The van der Waals surface area contributed by atoms with Crippen molar-refractivity contribution in [2.24, 2.45) is 0 Å². The molecule has 0 amide bonds. The fourth-order valence-corrected chi connectivity index (χ4v) is 4.00. The highest BCUT2D eigenvalue weighted by Crippen LogP contribution is 2.31. The molecular weight excluding hydrogens is 336 g/mol. The maximum Gasteiger partial charge on any atom is 0.0464 e. The summed E-state index contributed by atoms with van der Waals surface area (Å²) < 4.78 is 1.04. The third-order valence-electron chi connectivity index (χ3n) is 4.51. The largest absolute Gasteiger partial charge is 0.307 e. The van der Waals surface area contributed by atoms with Crippen molar-refractivity contribution < 1.29 is 0 Å². The van der Waals surface area contributed by atoms with Gasteiger partial charge < -0.3 is 10.2 Å². The molecule has 1 aliphatic carbocycles. The number of piperidine rings is 1. The van der Waals surface area contributed by atoms with Crippen LogP contribution in [-0.2, 0) is 0 Å². The minimum atomic E-state index is 0.313. The van der Waals surface area contributed by atoms with Crippen LogP contribution in [0.5, 0.6) is 0 Å².